The van der Waals surface area contributed by atoms with Gasteiger partial charge in [0.15, 0.2) is 0 Å². The lowest BCUT2D eigenvalue weighted by molar-refractivity contribution is -0.149. The van der Waals surface area contributed by atoms with E-state index in [0.717, 1.165) is 6.42 Å². The van der Waals surface area contributed by atoms with Crippen molar-refractivity contribution >= 4 is 12.1 Å². The quantitative estimate of drug-likeness (QED) is 0.769. The van der Waals surface area contributed by atoms with Gasteiger partial charge in [-0.1, -0.05) is 20.3 Å². The van der Waals surface area contributed by atoms with Crippen LogP contribution >= 0.6 is 0 Å². The van der Waals surface area contributed by atoms with E-state index in [1.54, 1.807) is 20.8 Å². The molecule has 0 aromatic carbocycles. The molecule has 18 heavy (non-hydrogen) atoms. The van der Waals surface area contributed by atoms with Gasteiger partial charge in [-0.05, 0) is 33.6 Å². The summed E-state index contributed by atoms with van der Waals surface area (Å²) in [5, 5.41) is 11.9. The average Bonchev–Trinajstić information content (AvgIpc) is 2.21. The molecule has 1 unspecified atom stereocenters. The largest absolute Gasteiger partial charge is 0.481 e. The van der Waals surface area contributed by atoms with Crippen LogP contribution in [0, 0.1) is 5.41 Å². The van der Waals surface area contributed by atoms with Gasteiger partial charge in [0.2, 0.25) is 0 Å². The number of carboxylic acids is 1. The molecule has 1 amide bonds. The van der Waals surface area contributed by atoms with Gasteiger partial charge in [-0.2, -0.15) is 0 Å². The van der Waals surface area contributed by atoms with E-state index in [-0.39, 0.29) is 6.54 Å². The fraction of sp³-hybridized carbons (Fsp3) is 0.846. The number of carbonyl (C=O) groups excluding carboxylic acids is 1. The number of hydrogen-bond acceptors (Lipinski definition) is 3. The number of ether oxygens (including phenoxy) is 1. The summed E-state index contributed by atoms with van der Waals surface area (Å²) in [6.45, 7) is 9.15. The maximum absolute atomic E-state index is 11.5. The summed E-state index contributed by atoms with van der Waals surface area (Å²) in [6, 6.07) is 0. The number of amides is 1. The first-order chi connectivity index (χ1) is 8.17. The molecule has 1 atom stereocenters. The zero-order valence-electron chi connectivity index (χ0n) is 12.0. The topological polar surface area (TPSA) is 75.6 Å². The SMILES string of the molecule is CCCC(CC)(CNC(=O)OC(C)(C)C)C(=O)O. The van der Waals surface area contributed by atoms with E-state index in [1.807, 2.05) is 13.8 Å². The Bertz CT molecular complexity index is 296. The van der Waals surface area contributed by atoms with Crippen molar-refractivity contribution < 1.29 is 19.4 Å². The lowest BCUT2D eigenvalue weighted by atomic mass is 9.81. The molecule has 0 rings (SSSR count). The molecule has 5 nitrogen and oxygen atoms in total. The number of aliphatic carboxylic acids is 1. The molecule has 106 valence electrons. The van der Waals surface area contributed by atoms with Crippen molar-refractivity contribution in [2.45, 2.75) is 59.5 Å². The van der Waals surface area contributed by atoms with Crippen LogP contribution in [0.15, 0.2) is 0 Å². The van der Waals surface area contributed by atoms with Crippen LogP contribution in [0.3, 0.4) is 0 Å². The van der Waals surface area contributed by atoms with Crippen LogP contribution in [-0.4, -0.2) is 29.3 Å². The van der Waals surface area contributed by atoms with Gasteiger partial charge in [0.25, 0.3) is 0 Å². The third-order valence-corrected chi connectivity index (χ3v) is 2.83. The minimum atomic E-state index is -0.897. The summed E-state index contributed by atoms with van der Waals surface area (Å²) < 4.78 is 5.09. The van der Waals surface area contributed by atoms with E-state index < -0.39 is 23.1 Å². The minimum Gasteiger partial charge on any atom is -0.481 e. The number of carboxylic acid groups (broad SMARTS) is 1. The van der Waals surface area contributed by atoms with Gasteiger partial charge in [-0.25, -0.2) is 4.79 Å². The smallest absolute Gasteiger partial charge is 0.407 e. The number of alkyl carbamates (subject to hydrolysis) is 1. The third kappa shape index (κ3) is 5.38. The second-order valence-corrected chi connectivity index (χ2v) is 5.54. The molecule has 0 spiro atoms. The first kappa shape index (κ1) is 16.7. The first-order valence-corrected chi connectivity index (χ1v) is 6.37. The number of nitrogens with one attached hydrogen (secondary N) is 1. The molecule has 0 aromatic rings. The van der Waals surface area contributed by atoms with E-state index in [4.69, 9.17) is 4.74 Å². The van der Waals surface area contributed by atoms with E-state index in [1.165, 1.54) is 0 Å². The highest BCUT2D eigenvalue weighted by molar-refractivity contribution is 5.76. The Balaban J connectivity index is 4.53. The van der Waals surface area contributed by atoms with Crippen molar-refractivity contribution in [1.29, 1.82) is 0 Å². The molecule has 0 fully saturated rings. The molecule has 2 N–H and O–H groups in total. The Kier molecular flexibility index (Phi) is 6.15. The van der Waals surface area contributed by atoms with Crippen molar-refractivity contribution in [3.63, 3.8) is 0 Å². The summed E-state index contributed by atoms with van der Waals surface area (Å²) in [5.41, 5.74) is -1.47. The predicted molar refractivity (Wildman–Crippen MR) is 69.5 cm³/mol. The van der Waals surface area contributed by atoms with Crippen molar-refractivity contribution in [3.8, 4) is 0 Å². The zero-order chi connectivity index (χ0) is 14.4. The highest BCUT2D eigenvalue weighted by Crippen LogP contribution is 2.27. The fourth-order valence-electron chi connectivity index (χ4n) is 1.76. The Hall–Kier alpha value is -1.26. The predicted octanol–water partition coefficient (Wildman–Crippen LogP) is 2.79. The first-order valence-electron chi connectivity index (χ1n) is 6.37. The van der Waals surface area contributed by atoms with Crippen molar-refractivity contribution in [2.24, 2.45) is 5.41 Å². The van der Waals surface area contributed by atoms with Gasteiger partial charge in [0, 0.05) is 6.54 Å². The molecular formula is C13H25NO4. The molecule has 0 bridgehead atoms. The van der Waals surface area contributed by atoms with Gasteiger partial charge >= 0.3 is 12.1 Å². The van der Waals surface area contributed by atoms with Gasteiger partial charge in [0.1, 0.15) is 5.60 Å². The van der Waals surface area contributed by atoms with E-state index >= 15 is 0 Å². The van der Waals surface area contributed by atoms with Crippen LogP contribution in [0.4, 0.5) is 4.79 Å². The monoisotopic (exact) mass is 259 g/mol. The molecule has 0 aromatic heterocycles. The Labute approximate surface area is 109 Å². The van der Waals surface area contributed by atoms with Crippen molar-refractivity contribution in [3.05, 3.63) is 0 Å². The van der Waals surface area contributed by atoms with E-state index in [0.29, 0.717) is 12.8 Å². The lowest BCUT2D eigenvalue weighted by Crippen LogP contribution is -2.44. The maximum Gasteiger partial charge on any atom is 0.407 e. The lowest BCUT2D eigenvalue weighted by Gasteiger charge is -2.28. The van der Waals surface area contributed by atoms with Crippen LogP contribution in [0.5, 0.6) is 0 Å². The van der Waals surface area contributed by atoms with Gasteiger partial charge in [0.05, 0.1) is 5.41 Å². The second kappa shape index (κ2) is 6.61. The highest BCUT2D eigenvalue weighted by atomic mass is 16.6. The Morgan fingerprint density at radius 2 is 1.78 bits per heavy atom. The number of rotatable bonds is 6. The van der Waals surface area contributed by atoms with Crippen LogP contribution in [-0.2, 0) is 9.53 Å². The number of carbonyl (C=O) groups is 2. The van der Waals surface area contributed by atoms with Gasteiger partial charge in [-0.15, -0.1) is 0 Å². The van der Waals surface area contributed by atoms with Crippen LogP contribution in [0.25, 0.3) is 0 Å². The van der Waals surface area contributed by atoms with E-state index in [9.17, 15) is 14.7 Å². The van der Waals surface area contributed by atoms with Crippen LogP contribution in [0.2, 0.25) is 0 Å². The molecule has 0 saturated carbocycles. The Morgan fingerprint density at radius 1 is 1.22 bits per heavy atom. The van der Waals surface area contributed by atoms with Crippen molar-refractivity contribution in [1.82, 2.24) is 5.32 Å². The molecule has 0 aliphatic heterocycles. The summed E-state index contributed by atoms with van der Waals surface area (Å²) in [4.78, 5) is 22.9. The summed E-state index contributed by atoms with van der Waals surface area (Å²) in [7, 11) is 0. The molecule has 0 aliphatic carbocycles. The molecule has 0 heterocycles. The maximum atomic E-state index is 11.5. The number of hydrogen-bond donors (Lipinski definition) is 2. The molecule has 5 heteroatoms. The van der Waals surface area contributed by atoms with Gasteiger partial charge in [-0.3, -0.25) is 4.79 Å². The zero-order valence-corrected chi connectivity index (χ0v) is 12.0. The Morgan fingerprint density at radius 3 is 2.11 bits per heavy atom. The minimum absolute atomic E-state index is 0.0988. The van der Waals surface area contributed by atoms with Gasteiger partial charge < -0.3 is 15.2 Å². The summed E-state index contributed by atoms with van der Waals surface area (Å²) >= 11 is 0. The summed E-state index contributed by atoms with van der Waals surface area (Å²) in [6.07, 6.45) is 1.20. The standard InChI is InChI=1S/C13H25NO4/c1-6-8-13(7-2,10(15)16)9-14-11(17)18-12(3,4)5/h6-9H2,1-5H3,(H,14,17)(H,15,16). The average molecular weight is 259 g/mol. The molecule has 0 radical (unpaired) electrons. The second-order valence-electron chi connectivity index (χ2n) is 5.54. The van der Waals surface area contributed by atoms with Crippen LogP contribution in [0.1, 0.15) is 53.9 Å². The third-order valence-electron chi connectivity index (χ3n) is 2.83. The fourth-order valence-corrected chi connectivity index (χ4v) is 1.76. The molecule has 0 aliphatic rings. The van der Waals surface area contributed by atoms with Crippen LogP contribution < -0.4 is 5.32 Å². The van der Waals surface area contributed by atoms with Crippen molar-refractivity contribution in [2.75, 3.05) is 6.54 Å². The summed E-state index contributed by atoms with van der Waals surface area (Å²) in [5.74, 6) is -0.872. The molecule has 0 saturated heterocycles. The molecular weight excluding hydrogens is 234 g/mol. The highest BCUT2D eigenvalue weighted by Gasteiger charge is 2.36. The normalized spacial score (nSPS) is 14.7. The van der Waals surface area contributed by atoms with E-state index in [2.05, 4.69) is 5.32 Å².